The lowest BCUT2D eigenvalue weighted by atomic mass is 9.75. The molecule has 282 valence electrons. The molecule has 6 rings (SSSR count). The Morgan fingerprint density at radius 1 is 1.00 bits per heavy atom. The number of halogens is 1. The first-order chi connectivity index (χ1) is 24.6. The summed E-state index contributed by atoms with van der Waals surface area (Å²) in [6.07, 6.45) is 8.73. The van der Waals surface area contributed by atoms with Gasteiger partial charge in [0.1, 0.15) is 18.3 Å². The van der Waals surface area contributed by atoms with Crippen molar-refractivity contribution < 1.29 is 37.4 Å². The van der Waals surface area contributed by atoms with Crippen LogP contribution in [0.25, 0.3) is 11.0 Å². The second kappa shape index (κ2) is 17.2. The van der Waals surface area contributed by atoms with Gasteiger partial charge in [0.2, 0.25) is 17.6 Å². The zero-order valence-corrected chi connectivity index (χ0v) is 30.5. The van der Waals surface area contributed by atoms with Crippen molar-refractivity contribution in [2.75, 3.05) is 51.9 Å². The van der Waals surface area contributed by atoms with E-state index in [0.717, 1.165) is 64.6 Å². The minimum atomic E-state index is -0.582. The Hall–Kier alpha value is -3.06. The quantitative estimate of drug-likeness (QED) is 0.214. The van der Waals surface area contributed by atoms with Crippen molar-refractivity contribution in [1.82, 2.24) is 9.80 Å². The maximum atomic E-state index is 14.2. The Balaban J connectivity index is 1.09. The lowest BCUT2D eigenvalue weighted by Crippen LogP contribution is -2.50. The van der Waals surface area contributed by atoms with Crippen LogP contribution in [-0.4, -0.2) is 105 Å². The van der Waals surface area contributed by atoms with Gasteiger partial charge in [-0.25, -0.2) is 9.18 Å². The Bertz CT molecular complexity index is 1480. The molecule has 0 unspecified atom stereocenters. The topological polar surface area (TPSA) is 137 Å². The van der Waals surface area contributed by atoms with Crippen molar-refractivity contribution in [3.8, 4) is 0 Å². The van der Waals surface area contributed by atoms with Gasteiger partial charge in [-0.3, -0.25) is 14.5 Å². The molecule has 4 fully saturated rings. The fourth-order valence-corrected chi connectivity index (χ4v) is 9.23. The number of anilines is 1. The molecule has 3 N–H and O–H groups in total. The van der Waals surface area contributed by atoms with Crippen molar-refractivity contribution in [2.45, 2.75) is 108 Å². The average Bonchev–Trinajstić information content (AvgIpc) is 3.77. The van der Waals surface area contributed by atoms with Gasteiger partial charge in [-0.05, 0) is 120 Å². The van der Waals surface area contributed by atoms with Crippen LogP contribution in [0.1, 0.15) is 88.6 Å². The number of nitrogens with zero attached hydrogens (tertiary/aromatic N) is 2. The van der Waals surface area contributed by atoms with E-state index in [4.69, 9.17) is 24.4 Å². The smallest absolute Gasteiger partial charge is 0.374 e. The van der Waals surface area contributed by atoms with Crippen LogP contribution in [0.3, 0.4) is 0 Å². The zero-order valence-electron chi connectivity index (χ0n) is 30.5. The van der Waals surface area contributed by atoms with E-state index in [9.17, 15) is 18.8 Å². The van der Waals surface area contributed by atoms with E-state index in [1.54, 1.807) is 31.4 Å². The number of benzene rings is 1. The molecule has 12 heteroatoms. The molecule has 0 bridgehead atoms. The van der Waals surface area contributed by atoms with Crippen LogP contribution in [0.5, 0.6) is 0 Å². The largest absolute Gasteiger partial charge is 0.460 e. The fourth-order valence-electron chi connectivity index (χ4n) is 9.23. The number of carbonyl (C=O) groups excluding carboxylic acids is 3. The second-order valence-corrected chi connectivity index (χ2v) is 15.5. The van der Waals surface area contributed by atoms with Crippen LogP contribution >= 0.6 is 0 Å². The molecule has 1 aromatic carbocycles. The molecule has 4 aliphatic rings. The van der Waals surface area contributed by atoms with Gasteiger partial charge in [-0.1, -0.05) is 0 Å². The number of rotatable bonds is 12. The highest BCUT2D eigenvalue weighted by atomic mass is 19.1. The molecule has 2 saturated carbocycles. The highest BCUT2D eigenvalue weighted by Gasteiger charge is 2.47. The van der Waals surface area contributed by atoms with Gasteiger partial charge in [0.15, 0.2) is 0 Å². The Kier molecular flexibility index (Phi) is 12.7. The standard InChI is InChI=1S/C39H57FN4O7/c1-24-22-43(23-25(2)50-24)16-4-18-49-39(47)35-20-29-19-30(11-14-34(29)51-35)42-37(45)36-32(26-9-12-31(48-3)13-10-26)15-17-44(36)38(46)28-7-5-27(6-8-28)33(41)21-40/h11,14,19-20,24-28,31-33,36H,4-10,12-13,15-18,21-23,41H2,1-3H3,(H,42,45)/t24-,25+,26?,27-,28-,31?,32-,33+,36-/m0/s1. The number of hydrogen-bond acceptors (Lipinski definition) is 9. The van der Waals surface area contributed by atoms with Gasteiger partial charge in [-0.15, -0.1) is 0 Å². The lowest BCUT2D eigenvalue weighted by Gasteiger charge is -2.37. The molecule has 2 amide bonds. The van der Waals surface area contributed by atoms with Gasteiger partial charge >= 0.3 is 5.97 Å². The molecule has 3 heterocycles. The van der Waals surface area contributed by atoms with Crippen molar-refractivity contribution >= 4 is 34.4 Å². The maximum Gasteiger partial charge on any atom is 0.374 e. The normalized spacial score (nSPS) is 31.0. The van der Waals surface area contributed by atoms with E-state index in [1.165, 1.54) is 0 Å². The Labute approximate surface area is 301 Å². The SMILES string of the molecule is COC1CCC([C@@H]2CCN(C(=O)[C@H]3CC[C@H]([C@H](N)CF)CC3)[C@@H]2C(=O)Nc2ccc3oc(C(=O)OCCCN4C[C@@H](C)O[C@@H](C)C4)cc3c2)CC1. The number of carbonyl (C=O) groups is 3. The minimum Gasteiger partial charge on any atom is -0.460 e. The molecule has 2 aromatic rings. The molecule has 51 heavy (non-hydrogen) atoms. The van der Waals surface area contributed by atoms with Crippen LogP contribution < -0.4 is 11.1 Å². The molecule has 0 radical (unpaired) electrons. The monoisotopic (exact) mass is 712 g/mol. The van der Waals surface area contributed by atoms with Crippen LogP contribution in [-0.2, 0) is 23.8 Å². The van der Waals surface area contributed by atoms with Gasteiger partial charge in [0.05, 0.1) is 24.9 Å². The van der Waals surface area contributed by atoms with Gasteiger partial charge < -0.3 is 34.6 Å². The van der Waals surface area contributed by atoms with E-state index in [-0.39, 0.29) is 60.2 Å². The van der Waals surface area contributed by atoms with Crippen molar-refractivity contribution in [1.29, 1.82) is 0 Å². The third-order valence-corrected chi connectivity index (χ3v) is 11.9. The predicted octanol–water partition coefficient (Wildman–Crippen LogP) is 5.55. The summed E-state index contributed by atoms with van der Waals surface area (Å²) in [5.41, 5.74) is 7.08. The molecule has 2 aliphatic heterocycles. The number of likely N-dealkylation sites (tertiary alicyclic amines) is 1. The highest BCUT2D eigenvalue weighted by Crippen LogP contribution is 2.42. The summed E-state index contributed by atoms with van der Waals surface area (Å²) in [6.45, 7) is 6.98. The van der Waals surface area contributed by atoms with Gasteiger partial charge in [0, 0.05) is 56.3 Å². The van der Waals surface area contributed by atoms with Gasteiger partial charge in [-0.2, -0.15) is 0 Å². The highest BCUT2D eigenvalue weighted by molar-refractivity contribution is 6.00. The van der Waals surface area contributed by atoms with Crippen molar-refractivity contribution in [2.24, 2.45) is 29.4 Å². The summed E-state index contributed by atoms with van der Waals surface area (Å²) < 4.78 is 36.0. The number of amides is 2. The third-order valence-electron chi connectivity index (χ3n) is 11.9. The zero-order chi connectivity index (χ0) is 36.1. The minimum absolute atomic E-state index is 0.0259. The summed E-state index contributed by atoms with van der Waals surface area (Å²) in [5, 5.41) is 3.79. The first-order valence-electron chi connectivity index (χ1n) is 19.2. The Morgan fingerprint density at radius 2 is 1.73 bits per heavy atom. The Morgan fingerprint density at radius 3 is 2.41 bits per heavy atom. The number of nitrogens with one attached hydrogen (secondary N) is 1. The maximum absolute atomic E-state index is 14.2. The second-order valence-electron chi connectivity index (χ2n) is 15.5. The molecule has 1 aromatic heterocycles. The number of furan rings is 1. The third kappa shape index (κ3) is 9.12. The number of esters is 1. The number of hydrogen-bond donors (Lipinski definition) is 2. The van der Waals surface area contributed by atoms with E-state index < -0.39 is 24.7 Å². The van der Waals surface area contributed by atoms with E-state index in [0.29, 0.717) is 48.4 Å². The number of alkyl halides is 1. The van der Waals surface area contributed by atoms with E-state index >= 15 is 0 Å². The van der Waals surface area contributed by atoms with Crippen LogP contribution in [0.4, 0.5) is 10.1 Å². The predicted molar refractivity (Wildman–Crippen MR) is 192 cm³/mol. The molecule has 5 atom stereocenters. The number of methoxy groups -OCH3 is 1. The summed E-state index contributed by atoms with van der Waals surface area (Å²) >= 11 is 0. The molecule has 2 aliphatic carbocycles. The first kappa shape index (κ1) is 37.7. The number of ether oxygens (including phenoxy) is 3. The number of fused-ring (bicyclic) bond motifs is 1. The lowest BCUT2D eigenvalue weighted by molar-refractivity contribution is -0.142. The van der Waals surface area contributed by atoms with Crippen LogP contribution in [0, 0.1) is 23.7 Å². The van der Waals surface area contributed by atoms with Crippen LogP contribution in [0.2, 0.25) is 0 Å². The number of nitrogens with two attached hydrogens (primary N) is 1. The molecule has 0 spiro atoms. The summed E-state index contributed by atoms with van der Waals surface area (Å²) in [5.74, 6) is -0.285. The summed E-state index contributed by atoms with van der Waals surface area (Å²) in [7, 11) is 1.75. The van der Waals surface area contributed by atoms with Crippen molar-refractivity contribution in [3.05, 3.63) is 30.0 Å². The first-order valence-corrected chi connectivity index (χ1v) is 19.2. The van der Waals surface area contributed by atoms with Crippen molar-refractivity contribution in [3.63, 3.8) is 0 Å². The number of morpholine rings is 1. The fraction of sp³-hybridized carbons (Fsp3) is 0.718. The molecule has 11 nitrogen and oxygen atoms in total. The molecule has 2 saturated heterocycles. The van der Waals surface area contributed by atoms with E-state index in [2.05, 4.69) is 24.1 Å². The summed E-state index contributed by atoms with van der Waals surface area (Å²) in [4.78, 5) is 45.3. The summed E-state index contributed by atoms with van der Waals surface area (Å²) in [6, 6.07) is 5.88. The van der Waals surface area contributed by atoms with Crippen LogP contribution in [0.15, 0.2) is 28.7 Å². The average molecular weight is 713 g/mol. The molecular weight excluding hydrogens is 655 g/mol. The van der Waals surface area contributed by atoms with Gasteiger partial charge in [0.25, 0.3) is 0 Å². The van der Waals surface area contributed by atoms with E-state index in [1.807, 2.05) is 4.90 Å². The molecular formula is C39H57FN4O7.